The highest BCUT2D eigenvalue weighted by atomic mass is 16.6. The summed E-state index contributed by atoms with van der Waals surface area (Å²) in [6.45, 7) is 2.33. The quantitative estimate of drug-likeness (QED) is 0.415. The first-order chi connectivity index (χ1) is 12.1. The van der Waals surface area contributed by atoms with E-state index in [-0.39, 0.29) is 5.97 Å². The summed E-state index contributed by atoms with van der Waals surface area (Å²) < 4.78 is 11.9. The Morgan fingerprint density at radius 1 is 1.08 bits per heavy atom. The number of hydrogen-bond acceptors (Lipinski definition) is 5. The maximum absolute atomic E-state index is 12.2. The predicted octanol–water partition coefficient (Wildman–Crippen LogP) is 3.06. The van der Waals surface area contributed by atoms with E-state index in [1.54, 1.807) is 6.07 Å². The van der Waals surface area contributed by atoms with Crippen molar-refractivity contribution in [3.63, 3.8) is 0 Å². The first-order valence-electron chi connectivity index (χ1n) is 8.01. The maximum Gasteiger partial charge on any atom is 0.347 e. The van der Waals surface area contributed by atoms with Crippen LogP contribution in [0.15, 0.2) is 36.4 Å². The first-order valence-corrected chi connectivity index (χ1v) is 8.01. The van der Waals surface area contributed by atoms with Gasteiger partial charge in [0.1, 0.15) is 0 Å². The monoisotopic (exact) mass is 337 g/mol. The van der Waals surface area contributed by atoms with Gasteiger partial charge in [-0.1, -0.05) is 18.2 Å². The fourth-order valence-corrected chi connectivity index (χ4v) is 3.39. The molecule has 0 N–H and O–H groups in total. The van der Waals surface area contributed by atoms with Crippen LogP contribution < -0.4 is 0 Å². The third-order valence-corrected chi connectivity index (χ3v) is 4.38. The summed E-state index contributed by atoms with van der Waals surface area (Å²) in [4.78, 5) is 34.9. The van der Waals surface area contributed by atoms with Gasteiger partial charge in [0, 0.05) is 29.8 Å². The van der Waals surface area contributed by atoms with Gasteiger partial charge in [0.05, 0.1) is 23.3 Å². The topological polar surface area (TPSA) is 74.6 Å². The molecule has 1 aliphatic heterocycles. The van der Waals surface area contributed by atoms with Crippen LogP contribution in [-0.4, -0.2) is 29.1 Å². The van der Waals surface area contributed by atoms with E-state index in [0.29, 0.717) is 30.7 Å². The number of aryl methyl sites for hydroxylation is 1. The van der Waals surface area contributed by atoms with Crippen LogP contribution in [0.3, 0.4) is 0 Å². The molecule has 0 radical (unpaired) electrons. The van der Waals surface area contributed by atoms with Crippen molar-refractivity contribution < 1.29 is 23.9 Å². The average Bonchev–Trinajstić information content (AvgIpc) is 3.06. The lowest BCUT2D eigenvalue weighted by Gasteiger charge is -2.08. The second kappa shape index (κ2) is 5.73. The second-order valence-corrected chi connectivity index (χ2v) is 5.92. The number of para-hydroxylation sites is 1. The van der Waals surface area contributed by atoms with E-state index in [0.717, 1.165) is 21.8 Å². The van der Waals surface area contributed by atoms with E-state index < -0.39 is 11.9 Å². The molecule has 2 aromatic carbocycles. The molecule has 2 heterocycles. The van der Waals surface area contributed by atoms with Gasteiger partial charge >= 0.3 is 17.9 Å². The minimum absolute atomic E-state index is 0.304. The number of ether oxygens (including phenoxy) is 2. The molecule has 0 fully saturated rings. The normalized spacial score (nSPS) is 13.3. The van der Waals surface area contributed by atoms with Gasteiger partial charge < -0.3 is 14.0 Å². The van der Waals surface area contributed by atoms with Crippen LogP contribution in [0, 0.1) is 0 Å². The summed E-state index contributed by atoms with van der Waals surface area (Å²) >= 11 is 0. The van der Waals surface area contributed by atoms with Crippen LogP contribution in [0.2, 0.25) is 0 Å². The number of esters is 3. The summed E-state index contributed by atoms with van der Waals surface area (Å²) in [5.74, 6) is -1.51. The number of carbonyl (C=O) groups excluding carboxylic acids is 3. The predicted molar refractivity (Wildman–Crippen MR) is 90.4 cm³/mol. The Hall–Kier alpha value is -3.15. The molecule has 0 aliphatic carbocycles. The van der Waals surface area contributed by atoms with E-state index in [2.05, 4.69) is 4.57 Å². The lowest BCUT2D eigenvalue weighted by atomic mass is 10.0. The number of benzene rings is 2. The van der Waals surface area contributed by atoms with Gasteiger partial charge in [-0.05, 0) is 24.6 Å². The molecule has 0 spiro atoms. The SMILES string of the molecule is CC(=O)OCCCn1c2ccccc2c2c3c(ccc21)C(=O)OC3=O. The van der Waals surface area contributed by atoms with E-state index in [1.165, 1.54) is 6.92 Å². The van der Waals surface area contributed by atoms with Crippen molar-refractivity contribution in [3.8, 4) is 0 Å². The molecule has 6 heteroatoms. The van der Waals surface area contributed by atoms with E-state index in [4.69, 9.17) is 9.47 Å². The van der Waals surface area contributed by atoms with Gasteiger partial charge in [0.2, 0.25) is 0 Å². The smallest absolute Gasteiger partial charge is 0.347 e. The van der Waals surface area contributed by atoms with Crippen molar-refractivity contribution >= 4 is 39.7 Å². The molecular weight excluding hydrogens is 322 g/mol. The Labute approximate surface area is 142 Å². The fraction of sp³-hybridized carbons (Fsp3) is 0.211. The lowest BCUT2D eigenvalue weighted by Crippen LogP contribution is -2.05. The minimum Gasteiger partial charge on any atom is -0.466 e. The summed E-state index contributed by atoms with van der Waals surface area (Å²) in [7, 11) is 0. The number of rotatable bonds is 4. The van der Waals surface area contributed by atoms with Gasteiger partial charge in [-0.25, -0.2) is 9.59 Å². The number of hydrogen-bond donors (Lipinski definition) is 0. The summed E-state index contributed by atoms with van der Waals surface area (Å²) in [6, 6.07) is 11.2. The highest BCUT2D eigenvalue weighted by molar-refractivity contribution is 6.26. The molecule has 25 heavy (non-hydrogen) atoms. The van der Waals surface area contributed by atoms with E-state index >= 15 is 0 Å². The summed E-state index contributed by atoms with van der Waals surface area (Å²) in [5, 5.41) is 1.63. The Morgan fingerprint density at radius 3 is 2.68 bits per heavy atom. The van der Waals surface area contributed by atoms with E-state index in [9.17, 15) is 14.4 Å². The Balaban J connectivity index is 1.88. The molecule has 0 atom stereocenters. The third kappa shape index (κ3) is 2.38. The van der Waals surface area contributed by atoms with Crippen molar-refractivity contribution in [2.75, 3.05) is 6.61 Å². The molecule has 3 aromatic rings. The zero-order chi connectivity index (χ0) is 17.6. The molecule has 1 aliphatic rings. The molecule has 0 amide bonds. The molecule has 4 rings (SSSR count). The molecule has 126 valence electrons. The Kier molecular flexibility index (Phi) is 3.53. The van der Waals surface area contributed by atoms with Crippen LogP contribution in [0.5, 0.6) is 0 Å². The van der Waals surface area contributed by atoms with Crippen molar-refractivity contribution in [2.45, 2.75) is 19.9 Å². The van der Waals surface area contributed by atoms with Crippen LogP contribution in [0.4, 0.5) is 0 Å². The number of nitrogens with zero attached hydrogens (tertiary/aromatic N) is 1. The van der Waals surface area contributed by atoms with Gasteiger partial charge in [-0.15, -0.1) is 0 Å². The summed E-state index contributed by atoms with van der Waals surface area (Å²) in [6.07, 6.45) is 0.647. The molecular formula is C19H15NO5. The Bertz CT molecular complexity index is 1050. The highest BCUT2D eigenvalue weighted by Gasteiger charge is 2.33. The van der Waals surface area contributed by atoms with Crippen molar-refractivity contribution in [3.05, 3.63) is 47.5 Å². The zero-order valence-electron chi connectivity index (χ0n) is 13.6. The van der Waals surface area contributed by atoms with Crippen molar-refractivity contribution in [1.82, 2.24) is 4.57 Å². The minimum atomic E-state index is -0.603. The van der Waals surface area contributed by atoms with Gasteiger partial charge in [-0.2, -0.15) is 0 Å². The van der Waals surface area contributed by atoms with Crippen LogP contribution >= 0.6 is 0 Å². The number of carbonyl (C=O) groups is 3. The third-order valence-electron chi connectivity index (χ3n) is 4.38. The van der Waals surface area contributed by atoms with Crippen molar-refractivity contribution in [2.24, 2.45) is 0 Å². The number of aromatic nitrogens is 1. The van der Waals surface area contributed by atoms with Crippen LogP contribution in [-0.2, 0) is 20.8 Å². The standard InChI is InChI=1S/C19H15NO5/c1-11(21)24-10-4-9-20-14-6-3-2-5-12(14)16-15(20)8-7-13-17(16)19(23)25-18(13)22/h2-3,5-8H,4,9-10H2,1H3. The second-order valence-electron chi connectivity index (χ2n) is 5.92. The Morgan fingerprint density at radius 2 is 1.88 bits per heavy atom. The number of cyclic esters (lactones) is 2. The summed E-state index contributed by atoms with van der Waals surface area (Å²) in [5.41, 5.74) is 2.45. The highest BCUT2D eigenvalue weighted by Crippen LogP contribution is 2.36. The van der Waals surface area contributed by atoms with Crippen molar-refractivity contribution in [1.29, 1.82) is 0 Å². The number of fused-ring (bicyclic) bond motifs is 5. The van der Waals surface area contributed by atoms with Gasteiger partial charge in [0.15, 0.2) is 0 Å². The molecule has 6 nitrogen and oxygen atoms in total. The van der Waals surface area contributed by atoms with Gasteiger partial charge in [0.25, 0.3) is 0 Å². The largest absolute Gasteiger partial charge is 0.466 e. The first kappa shape index (κ1) is 15.4. The molecule has 0 saturated heterocycles. The van der Waals surface area contributed by atoms with Crippen LogP contribution in [0.25, 0.3) is 21.8 Å². The molecule has 0 bridgehead atoms. The zero-order valence-corrected chi connectivity index (χ0v) is 13.6. The molecule has 0 saturated carbocycles. The molecule has 1 aromatic heterocycles. The average molecular weight is 337 g/mol. The van der Waals surface area contributed by atoms with Crippen LogP contribution in [0.1, 0.15) is 34.1 Å². The lowest BCUT2D eigenvalue weighted by molar-refractivity contribution is -0.141. The maximum atomic E-state index is 12.2. The van der Waals surface area contributed by atoms with E-state index in [1.807, 2.05) is 30.3 Å². The van der Waals surface area contributed by atoms with Gasteiger partial charge in [-0.3, -0.25) is 4.79 Å². The molecule has 0 unspecified atom stereocenters. The fourth-order valence-electron chi connectivity index (χ4n) is 3.39.